The number of rotatable bonds is 4. The van der Waals surface area contributed by atoms with E-state index in [1.807, 2.05) is 24.7 Å². The molecule has 0 spiro atoms. The number of benzene rings is 2. The maximum Gasteiger partial charge on any atom is 0.125 e. The van der Waals surface area contributed by atoms with Gasteiger partial charge in [0.1, 0.15) is 17.7 Å². The van der Waals surface area contributed by atoms with E-state index in [1.54, 1.807) is 18.3 Å². The molecule has 5 heteroatoms. The molecule has 4 aromatic rings. The minimum absolute atomic E-state index is 0.183. The average molecular weight is 331 g/mol. The maximum absolute atomic E-state index is 10.3. The molecule has 2 aromatic carbocycles. The van der Waals surface area contributed by atoms with E-state index in [2.05, 4.69) is 45.9 Å². The Kier molecular flexibility index (Phi) is 3.82. The Morgan fingerprint density at radius 2 is 1.84 bits per heavy atom. The molecule has 0 radical (unpaired) electrons. The van der Waals surface area contributed by atoms with E-state index in [0.717, 1.165) is 11.1 Å². The summed E-state index contributed by atoms with van der Waals surface area (Å²) in [6.45, 7) is 2.13. The number of aromatic hydroxyl groups is 1. The van der Waals surface area contributed by atoms with Crippen molar-refractivity contribution in [1.29, 1.82) is 0 Å². The zero-order valence-electron chi connectivity index (χ0n) is 13.7. The van der Waals surface area contributed by atoms with Crippen LogP contribution < -0.4 is 0 Å². The summed E-state index contributed by atoms with van der Waals surface area (Å²) in [6, 6.07) is 15.8. The summed E-state index contributed by atoms with van der Waals surface area (Å²) >= 11 is 0. The third-order valence-corrected chi connectivity index (χ3v) is 4.41. The predicted molar refractivity (Wildman–Crippen MR) is 95.1 cm³/mol. The fraction of sp³-hybridized carbons (Fsp3) is 0.100. The Labute approximate surface area is 145 Å². The van der Waals surface area contributed by atoms with Crippen LogP contribution in [0.3, 0.4) is 0 Å². The monoisotopic (exact) mass is 331 g/mol. The van der Waals surface area contributed by atoms with E-state index in [-0.39, 0.29) is 11.8 Å². The van der Waals surface area contributed by atoms with Gasteiger partial charge < -0.3 is 14.2 Å². The van der Waals surface area contributed by atoms with Crippen molar-refractivity contribution in [2.75, 3.05) is 0 Å². The summed E-state index contributed by atoms with van der Waals surface area (Å²) in [6.07, 6.45) is 7.05. The minimum atomic E-state index is 0.183. The number of hydrogen-bond acceptors (Lipinski definition) is 4. The molecule has 0 saturated heterocycles. The molecule has 1 unspecified atom stereocenters. The van der Waals surface area contributed by atoms with Gasteiger partial charge in [0.2, 0.25) is 0 Å². The molecule has 0 bridgehead atoms. The Balaban J connectivity index is 1.61. The largest absolute Gasteiger partial charge is 0.507 e. The summed E-state index contributed by atoms with van der Waals surface area (Å²) in [5.41, 5.74) is 4.47. The van der Waals surface area contributed by atoms with Crippen molar-refractivity contribution in [1.82, 2.24) is 14.7 Å². The van der Waals surface area contributed by atoms with Crippen LogP contribution in [0.4, 0.5) is 0 Å². The van der Waals surface area contributed by atoms with Crippen molar-refractivity contribution < 1.29 is 9.63 Å². The number of aromatic nitrogens is 3. The summed E-state index contributed by atoms with van der Waals surface area (Å²) in [4.78, 5) is 4.10. The Morgan fingerprint density at radius 3 is 2.48 bits per heavy atom. The van der Waals surface area contributed by atoms with Crippen LogP contribution in [0.25, 0.3) is 22.4 Å². The highest BCUT2D eigenvalue weighted by Gasteiger charge is 2.10. The molecule has 5 nitrogen and oxygen atoms in total. The molecular formula is C20H17N3O2. The van der Waals surface area contributed by atoms with Crippen molar-refractivity contribution in [3.8, 4) is 28.1 Å². The van der Waals surface area contributed by atoms with Gasteiger partial charge in [0, 0.05) is 24.0 Å². The van der Waals surface area contributed by atoms with E-state index in [0.29, 0.717) is 11.3 Å². The lowest BCUT2D eigenvalue weighted by Crippen LogP contribution is -2.03. The van der Waals surface area contributed by atoms with Gasteiger partial charge >= 0.3 is 0 Å². The van der Waals surface area contributed by atoms with Gasteiger partial charge in [0.25, 0.3) is 0 Å². The smallest absolute Gasteiger partial charge is 0.125 e. The molecule has 0 aliphatic carbocycles. The number of imidazole rings is 1. The number of hydrogen-bond donors (Lipinski definition) is 1. The molecule has 0 fully saturated rings. The van der Waals surface area contributed by atoms with Crippen LogP contribution in [0, 0.1) is 0 Å². The molecule has 0 saturated carbocycles. The van der Waals surface area contributed by atoms with Crippen LogP contribution in [-0.4, -0.2) is 19.8 Å². The van der Waals surface area contributed by atoms with E-state index in [9.17, 15) is 5.11 Å². The number of nitrogens with zero attached hydrogens (tertiary/aromatic N) is 3. The molecule has 2 heterocycles. The van der Waals surface area contributed by atoms with Gasteiger partial charge in [-0.1, -0.05) is 35.5 Å². The SMILES string of the molecule is CC(c1ccc(-c2ccc(-c3ccon3)c(O)c2)cc1)n1ccnc1. The number of phenols is 1. The van der Waals surface area contributed by atoms with Crippen LogP contribution in [-0.2, 0) is 0 Å². The van der Waals surface area contributed by atoms with Gasteiger partial charge in [-0.05, 0) is 35.7 Å². The lowest BCUT2D eigenvalue weighted by Gasteiger charge is -2.14. The highest BCUT2D eigenvalue weighted by atomic mass is 16.5. The molecule has 2 aromatic heterocycles. The predicted octanol–water partition coefficient (Wildman–Crippen LogP) is 4.52. The van der Waals surface area contributed by atoms with E-state index >= 15 is 0 Å². The maximum atomic E-state index is 10.3. The Bertz CT molecular complexity index is 959. The van der Waals surface area contributed by atoms with Gasteiger partial charge in [-0.3, -0.25) is 0 Å². The lowest BCUT2D eigenvalue weighted by molar-refractivity contribution is 0.421. The standard InChI is InChI=1S/C20H17N3O2/c1-14(23-10-9-21-13-23)15-2-4-16(5-3-15)17-6-7-18(20(24)12-17)19-8-11-25-22-19/h2-14,24H,1H3. The second-order valence-electron chi connectivity index (χ2n) is 5.92. The van der Waals surface area contributed by atoms with Gasteiger partial charge in [0.05, 0.1) is 12.4 Å². The second-order valence-corrected chi connectivity index (χ2v) is 5.92. The first kappa shape index (κ1) is 15.2. The van der Waals surface area contributed by atoms with Crippen molar-refractivity contribution in [2.24, 2.45) is 0 Å². The molecule has 0 aliphatic heterocycles. The summed E-state index contributed by atoms with van der Waals surface area (Å²) in [5, 5.41) is 14.2. The van der Waals surface area contributed by atoms with E-state index in [4.69, 9.17) is 4.52 Å². The lowest BCUT2D eigenvalue weighted by atomic mass is 9.99. The zero-order chi connectivity index (χ0) is 17.2. The van der Waals surface area contributed by atoms with Crippen LogP contribution in [0.2, 0.25) is 0 Å². The Hall–Kier alpha value is -3.34. The fourth-order valence-electron chi connectivity index (χ4n) is 2.90. The summed E-state index contributed by atoms with van der Waals surface area (Å²) in [7, 11) is 0. The highest BCUT2D eigenvalue weighted by Crippen LogP contribution is 2.33. The second kappa shape index (κ2) is 6.28. The van der Waals surface area contributed by atoms with Gasteiger partial charge in [0.15, 0.2) is 0 Å². The summed E-state index contributed by atoms with van der Waals surface area (Å²) in [5.74, 6) is 0.183. The molecule has 4 rings (SSSR count). The van der Waals surface area contributed by atoms with Crippen LogP contribution in [0.1, 0.15) is 18.5 Å². The molecule has 124 valence electrons. The quantitative estimate of drug-likeness (QED) is 0.597. The first-order valence-corrected chi connectivity index (χ1v) is 8.04. The summed E-state index contributed by atoms with van der Waals surface area (Å²) < 4.78 is 6.90. The molecule has 1 atom stereocenters. The van der Waals surface area contributed by atoms with Gasteiger partial charge in [-0.2, -0.15) is 0 Å². The highest BCUT2D eigenvalue weighted by molar-refractivity contribution is 5.74. The zero-order valence-corrected chi connectivity index (χ0v) is 13.7. The van der Waals surface area contributed by atoms with Crippen LogP contribution in [0.15, 0.2) is 78.0 Å². The molecular weight excluding hydrogens is 314 g/mol. The van der Waals surface area contributed by atoms with Crippen LogP contribution in [0.5, 0.6) is 5.75 Å². The normalized spacial score (nSPS) is 12.2. The van der Waals surface area contributed by atoms with E-state index < -0.39 is 0 Å². The van der Waals surface area contributed by atoms with Gasteiger partial charge in [-0.25, -0.2) is 4.98 Å². The fourth-order valence-corrected chi connectivity index (χ4v) is 2.90. The van der Waals surface area contributed by atoms with E-state index in [1.165, 1.54) is 11.8 Å². The van der Waals surface area contributed by atoms with Crippen molar-refractivity contribution in [2.45, 2.75) is 13.0 Å². The first-order valence-electron chi connectivity index (χ1n) is 8.04. The molecule has 0 amide bonds. The number of phenolic OH excluding ortho intramolecular Hbond substituents is 1. The minimum Gasteiger partial charge on any atom is -0.507 e. The molecule has 0 aliphatic rings. The molecule has 1 N–H and O–H groups in total. The van der Waals surface area contributed by atoms with Crippen molar-refractivity contribution in [3.05, 3.63) is 79.1 Å². The first-order chi connectivity index (χ1) is 12.2. The molecule has 25 heavy (non-hydrogen) atoms. The third kappa shape index (κ3) is 2.92. The van der Waals surface area contributed by atoms with Crippen molar-refractivity contribution in [3.63, 3.8) is 0 Å². The average Bonchev–Trinajstić information content (AvgIpc) is 3.35. The topological polar surface area (TPSA) is 64.1 Å². The van der Waals surface area contributed by atoms with Gasteiger partial charge in [-0.15, -0.1) is 0 Å². The van der Waals surface area contributed by atoms with Crippen molar-refractivity contribution >= 4 is 0 Å². The van der Waals surface area contributed by atoms with Crippen LogP contribution >= 0.6 is 0 Å². The third-order valence-electron chi connectivity index (χ3n) is 4.41. The Morgan fingerprint density at radius 1 is 1.04 bits per heavy atom.